The van der Waals surface area contributed by atoms with E-state index >= 15 is 0 Å². The third-order valence-electron chi connectivity index (χ3n) is 13.1. The Kier molecular flexibility index (Phi) is 10.3. The summed E-state index contributed by atoms with van der Waals surface area (Å²) in [7, 11) is 0. The average Bonchev–Trinajstić information content (AvgIpc) is 3.57. The molecule has 1 aliphatic rings. The van der Waals surface area contributed by atoms with Crippen LogP contribution in [0.2, 0.25) is 0 Å². The molecule has 0 saturated heterocycles. The number of hydrogen-bond donors (Lipinski definition) is 0. The zero-order chi connectivity index (χ0) is 42.2. The molecule has 0 unspecified atom stereocenters. The zero-order valence-corrected chi connectivity index (χ0v) is 36.1. The Labute approximate surface area is 367 Å². The van der Waals surface area contributed by atoms with E-state index in [1.165, 1.54) is 89.0 Å². The van der Waals surface area contributed by atoms with E-state index in [2.05, 4.69) is 245 Å². The minimum atomic E-state index is -0.0401. The highest BCUT2D eigenvalue weighted by atomic mass is 15.1. The molecule has 0 heterocycles. The smallest absolute Gasteiger partial charge is 0.0462 e. The highest BCUT2D eigenvalue weighted by Gasteiger charge is 2.35. The van der Waals surface area contributed by atoms with Crippen LogP contribution in [0.4, 0.5) is 17.1 Å². The summed E-state index contributed by atoms with van der Waals surface area (Å²) in [6.45, 7) is 9.20. The lowest BCUT2D eigenvalue weighted by atomic mass is 9.81. The van der Waals surface area contributed by atoms with Crippen LogP contribution in [0.15, 0.2) is 212 Å². The van der Waals surface area contributed by atoms with Crippen molar-refractivity contribution in [2.45, 2.75) is 46.0 Å². The van der Waals surface area contributed by atoms with Crippen LogP contribution in [-0.4, -0.2) is 0 Å². The lowest BCUT2D eigenvalue weighted by Gasteiger charge is -2.26. The van der Waals surface area contributed by atoms with Crippen LogP contribution in [0.5, 0.6) is 0 Å². The summed E-state index contributed by atoms with van der Waals surface area (Å²) in [6, 6.07) is 78.3. The Morgan fingerprint density at radius 2 is 0.677 bits per heavy atom. The second-order valence-corrected chi connectivity index (χ2v) is 17.1. The first kappa shape index (κ1) is 38.9. The lowest BCUT2D eigenvalue weighted by Crippen LogP contribution is -2.14. The highest BCUT2D eigenvalue weighted by Crippen LogP contribution is 2.49. The van der Waals surface area contributed by atoms with Gasteiger partial charge in [-0.2, -0.15) is 0 Å². The summed E-state index contributed by atoms with van der Waals surface area (Å²) in [4.78, 5) is 2.38. The van der Waals surface area contributed by atoms with Crippen LogP contribution in [0.25, 0.3) is 66.8 Å². The maximum atomic E-state index is 2.41. The number of aryl methyl sites for hydroxylation is 2. The van der Waals surface area contributed by atoms with Crippen LogP contribution in [-0.2, 0) is 18.3 Å². The molecule has 0 amide bonds. The van der Waals surface area contributed by atoms with Crippen molar-refractivity contribution in [1.82, 2.24) is 0 Å². The van der Waals surface area contributed by atoms with Gasteiger partial charge in [0, 0.05) is 22.5 Å². The first-order valence-corrected chi connectivity index (χ1v) is 22.1. The molecule has 0 bridgehead atoms. The van der Waals surface area contributed by atoms with Crippen molar-refractivity contribution in [3.8, 4) is 66.8 Å². The van der Waals surface area contributed by atoms with Gasteiger partial charge in [-0.25, -0.2) is 0 Å². The first-order valence-electron chi connectivity index (χ1n) is 22.1. The second-order valence-electron chi connectivity index (χ2n) is 17.1. The van der Waals surface area contributed by atoms with E-state index in [1.807, 2.05) is 0 Å². The molecule has 300 valence electrons. The van der Waals surface area contributed by atoms with E-state index in [9.17, 15) is 0 Å². The molecule has 9 aromatic rings. The molecule has 1 aliphatic carbocycles. The molecule has 0 atom stereocenters. The summed E-state index contributed by atoms with van der Waals surface area (Å²) < 4.78 is 0. The monoisotopic (exact) mass is 797 g/mol. The van der Waals surface area contributed by atoms with Gasteiger partial charge in [0.25, 0.3) is 0 Å². The molecule has 9 aromatic carbocycles. The van der Waals surface area contributed by atoms with E-state index in [-0.39, 0.29) is 5.41 Å². The third-order valence-corrected chi connectivity index (χ3v) is 13.1. The van der Waals surface area contributed by atoms with Crippen molar-refractivity contribution >= 4 is 17.1 Å². The predicted molar refractivity (Wildman–Crippen MR) is 265 cm³/mol. The number of nitrogens with zero attached hydrogens (tertiary/aromatic N) is 1. The normalized spacial score (nSPS) is 12.5. The van der Waals surface area contributed by atoms with Crippen molar-refractivity contribution in [2.24, 2.45) is 0 Å². The van der Waals surface area contributed by atoms with Crippen LogP contribution >= 0.6 is 0 Å². The van der Waals surface area contributed by atoms with E-state index in [0.717, 1.165) is 29.9 Å². The Morgan fingerprint density at radius 1 is 0.306 bits per heavy atom. The van der Waals surface area contributed by atoms with Gasteiger partial charge in [-0.15, -0.1) is 0 Å². The standard InChI is InChI=1S/C61H51N/c1-5-42-14-10-11-17-55(42)56-38-30-50(40-43(56)6-2)48-26-34-53(35-27-48)62(52-32-24-47(25-33-52)46-22-20-45(21-23-46)44-15-8-7-9-16-44)54-36-28-49(29-37-54)51-31-39-58-57-18-12-13-19-59(57)61(3,4)60(58)41-51/h7-41H,5-6H2,1-4H3. The molecule has 0 aliphatic heterocycles. The molecular weight excluding hydrogens is 747 g/mol. The zero-order valence-electron chi connectivity index (χ0n) is 36.1. The average molecular weight is 798 g/mol. The Hall–Kier alpha value is -7.22. The highest BCUT2D eigenvalue weighted by molar-refractivity contribution is 5.85. The van der Waals surface area contributed by atoms with Crippen molar-refractivity contribution in [3.05, 3.63) is 235 Å². The largest absolute Gasteiger partial charge is 0.311 e. The second kappa shape index (κ2) is 16.3. The fraction of sp³-hybridized carbons (Fsp3) is 0.115. The van der Waals surface area contributed by atoms with Gasteiger partial charge in [0.05, 0.1) is 0 Å². The maximum absolute atomic E-state index is 2.41. The van der Waals surface area contributed by atoms with Gasteiger partial charge in [-0.3, -0.25) is 0 Å². The Balaban J connectivity index is 0.986. The number of anilines is 3. The van der Waals surface area contributed by atoms with Crippen LogP contribution in [0.3, 0.4) is 0 Å². The quantitative estimate of drug-likeness (QED) is 0.133. The molecule has 0 spiro atoms. The molecule has 10 rings (SSSR count). The summed E-state index contributed by atoms with van der Waals surface area (Å²) in [5.41, 5.74) is 24.0. The molecule has 62 heavy (non-hydrogen) atoms. The van der Waals surface area contributed by atoms with E-state index in [0.29, 0.717) is 0 Å². The number of benzene rings is 9. The van der Waals surface area contributed by atoms with E-state index in [1.54, 1.807) is 0 Å². The van der Waals surface area contributed by atoms with Gasteiger partial charge < -0.3 is 4.90 Å². The molecule has 0 radical (unpaired) electrons. The Bertz CT molecular complexity index is 3010. The van der Waals surface area contributed by atoms with Crippen molar-refractivity contribution in [2.75, 3.05) is 4.90 Å². The maximum Gasteiger partial charge on any atom is 0.0462 e. The van der Waals surface area contributed by atoms with Crippen molar-refractivity contribution in [1.29, 1.82) is 0 Å². The van der Waals surface area contributed by atoms with Gasteiger partial charge in [0.2, 0.25) is 0 Å². The summed E-state index contributed by atoms with van der Waals surface area (Å²) in [5, 5.41) is 0. The van der Waals surface area contributed by atoms with Crippen LogP contribution in [0.1, 0.15) is 49.9 Å². The van der Waals surface area contributed by atoms with E-state index < -0.39 is 0 Å². The topological polar surface area (TPSA) is 3.24 Å². The molecule has 0 saturated carbocycles. The number of fused-ring (bicyclic) bond motifs is 3. The van der Waals surface area contributed by atoms with Gasteiger partial charge in [0.15, 0.2) is 0 Å². The lowest BCUT2D eigenvalue weighted by molar-refractivity contribution is 0.660. The first-order chi connectivity index (χ1) is 30.4. The fourth-order valence-electron chi connectivity index (χ4n) is 9.65. The van der Waals surface area contributed by atoms with Crippen LogP contribution < -0.4 is 4.90 Å². The molecule has 0 aromatic heterocycles. The molecule has 0 fully saturated rings. The van der Waals surface area contributed by atoms with Gasteiger partial charge >= 0.3 is 0 Å². The predicted octanol–water partition coefficient (Wildman–Crippen LogP) is 16.9. The van der Waals surface area contributed by atoms with Crippen LogP contribution in [0, 0.1) is 0 Å². The number of rotatable bonds is 10. The van der Waals surface area contributed by atoms with Gasteiger partial charge in [-0.1, -0.05) is 198 Å². The molecule has 0 N–H and O–H groups in total. The summed E-state index contributed by atoms with van der Waals surface area (Å²) in [5.74, 6) is 0. The van der Waals surface area contributed by atoms with Gasteiger partial charge in [0.1, 0.15) is 0 Å². The molecule has 1 heteroatoms. The van der Waals surface area contributed by atoms with E-state index in [4.69, 9.17) is 0 Å². The van der Waals surface area contributed by atoms with Gasteiger partial charge in [-0.05, 0) is 144 Å². The SMILES string of the molecule is CCc1ccccc1-c1ccc(-c2ccc(N(c3ccc(-c4ccc(-c5ccccc5)cc4)cc3)c3ccc(-c4ccc5c(c4)C(C)(C)c4ccccc4-5)cc3)cc2)cc1CC. The minimum absolute atomic E-state index is 0.0401. The minimum Gasteiger partial charge on any atom is -0.311 e. The van der Waals surface area contributed by atoms with Crippen molar-refractivity contribution in [3.63, 3.8) is 0 Å². The number of hydrogen-bond acceptors (Lipinski definition) is 1. The Morgan fingerprint density at radius 3 is 1.23 bits per heavy atom. The molecular formula is C61H51N. The fourth-order valence-corrected chi connectivity index (χ4v) is 9.65. The summed E-state index contributed by atoms with van der Waals surface area (Å²) >= 11 is 0. The third kappa shape index (κ3) is 7.14. The molecule has 1 nitrogen and oxygen atoms in total. The van der Waals surface area contributed by atoms with Crippen molar-refractivity contribution < 1.29 is 0 Å². The summed E-state index contributed by atoms with van der Waals surface area (Å²) in [6.07, 6.45) is 2.00.